The van der Waals surface area contributed by atoms with Gasteiger partial charge in [-0.1, -0.05) is 37.3 Å². The number of benzene rings is 2. The van der Waals surface area contributed by atoms with Crippen LogP contribution in [0.25, 0.3) is 11.0 Å². The number of nitrogens with zero attached hydrogens (tertiary/aromatic N) is 2. The predicted molar refractivity (Wildman–Crippen MR) is 84.6 cm³/mol. The van der Waals surface area contributed by atoms with Crippen LogP contribution in [0.5, 0.6) is 0 Å². The summed E-state index contributed by atoms with van der Waals surface area (Å²) in [6.07, 6.45) is 1.01. The maximum Gasteiger partial charge on any atom is 0.208 e. The molecular weight excluding hydrogens is 246 g/mol. The van der Waals surface area contributed by atoms with E-state index in [1.165, 1.54) is 16.8 Å². The van der Waals surface area contributed by atoms with E-state index in [9.17, 15) is 0 Å². The van der Waals surface area contributed by atoms with Gasteiger partial charge in [-0.3, -0.25) is 0 Å². The zero-order valence-corrected chi connectivity index (χ0v) is 12.1. The second kappa shape index (κ2) is 5.00. The van der Waals surface area contributed by atoms with Gasteiger partial charge >= 0.3 is 0 Å². The monoisotopic (exact) mass is 265 g/mol. The average molecular weight is 265 g/mol. The summed E-state index contributed by atoms with van der Waals surface area (Å²) < 4.78 is 2.10. The Morgan fingerprint density at radius 3 is 2.65 bits per heavy atom. The molecule has 0 unspecified atom stereocenters. The minimum absolute atomic E-state index is 0.884. The van der Waals surface area contributed by atoms with Crippen molar-refractivity contribution < 1.29 is 0 Å². The molecule has 3 rings (SSSR count). The fourth-order valence-corrected chi connectivity index (χ4v) is 2.57. The van der Waals surface area contributed by atoms with Gasteiger partial charge in [0, 0.05) is 12.7 Å². The first-order chi connectivity index (χ1) is 9.70. The van der Waals surface area contributed by atoms with Crippen molar-refractivity contribution in [1.82, 2.24) is 9.55 Å². The van der Waals surface area contributed by atoms with Gasteiger partial charge in [0.05, 0.1) is 11.0 Å². The summed E-state index contributed by atoms with van der Waals surface area (Å²) in [6.45, 7) is 4.30. The van der Waals surface area contributed by atoms with Crippen molar-refractivity contribution >= 4 is 22.7 Å². The van der Waals surface area contributed by atoms with Gasteiger partial charge in [0.15, 0.2) is 0 Å². The molecular formula is C17H19N3. The molecule has 0 atom stereocenters. The van der Waals surface area contributed by atoms with Crippen LogP contribution in [0.2, 0.25) is 0 Å². The van der Waals surface area contributed by atoms with Crippen LogP contribution < -0.4 is 5.32 Å². The normalized spacial score (nSPS) is 10.9. The molecule has 3 heteroatoms. The fourth-order valence-electron chi connectivity index (χ4n) is 2.57. The Morgan fingerprint density at radius 2 is 1.90 bits per heavy atom. The van der Waals surface area contributed by atoms with Gasteiger partial charge < -0.3 is 9.88 Å². The predicted octanol–water partition coefficient (Wildman–Crippen LogP) is 4.19. The molecule has 0 spiro atoms. The molecule has 3 aromatic rings. The Balaban J connectivity index is 2.08. The third kappa shape index (κ3) is 2.05. The Morgan fingerprint density at radius 1 is 1.10 bits per heavy atom. The Labute approximate surface area is 119 Å². The molecule has 0 aliphatic carbocycles. The molecule has 0 saturated heterocycles. The van der Waals surface area contributed by atoms with Crippen molar-refractivity contribution in [3.63, 3.8) is 0 Å². The second-order valence-electron chi connectivity index (χ2n) is 5.07. The molecule has 1 N–H and O–H groups in total. The van der Waals surface area contributed by atoms with Crippen LogP contribution in [0, 0.1) is 6.92 Å². The van der Waals surface area contributed by atoms with Crippen molar-refractivity contribution in [2.24, 2.45) is 7.05 Å². The highest BCUT2D eigenvalue weighted by molar-refractivity contribution is 5.80. The standard InChI is InChI=1S/C17H19N3/c1-4-13-9-7-8-12(2)16(13)19-17-18-14-10-5-6-11-15(14)20(17)3/h5-11H,4H2,1-3H3,(H,18,19). The van der Waals surface area contributed by atoms with Gasteiger partial charge in [-0.15, -0.1) is 0 Å². The lowest BCUT2D eigenvalue weighted by Gasteiger charge is -2.13. The van der Waals surface area contributed by atoms with E-state index in [1.54, 1.807) is 0 Å². The summed E-state index contributed by atoms with van der Waals surface area (Å²) in [5.41, 5.74) is 5.90. The Hall–Kier alpha value is -2.29. The van der Waals surface area contributed by atoms with Crippen LogP contribution in [0.3, 0.4) is 0 Å². The third-order valence-electron chi connectivity index (χ3n) is 3.76. The summed E-state index contributed by atoms with van der Waals surface area (Å²) in [4.78, 5) is 4.68. The summed E-state index contributed by atoms with van der Waals surface area (Å²) in [5.74, 6) is 0.884. The average Bonchev–Trinajstić information content (AvgIpc) is 2.78. The van der Waals surface area contributed by atoms with Gasteiger partial charge in [-0.05, 0) is 36.6 Å². The molecule has 3 nitrogen and oxygen atoms in total. The van der Waals surface area contributed by atoms with Crippen LogP contribution in [0.15, 0.2) is 42.5 Å². The SMILES string of the molecule is CCc1cccc(C)c1Nc1nc2ccccc2n1C. The number of fused-ring (bicyclic) bond motifs is 1. The van der Waals surface area contributed by atoms with Crippen LogP contribution in [-0.4, -0.2) is 9.55 Å². The second-order valence-corrected chi connectivity index (χ2v) is 5.07. The highest BCUT2D eigenvalue weighted by Crippen LogP contribution is 2.26. The lowest BCUT2D eigenvalue weighted by Crippen LogP contribution is -2.03. The molecule has 1 aromatic heterocycles. The van der Waals surface area contributed by atoms with E-state index in [2.05, 4.69) is 53.0 Å². The van der Waals surface area contributed by atoms with E-state index >= 15 is 0 Å². The molecule has 0 aliphatic heterocycles. The summed E-state index contributed by atoms with van der Waals surface area (Å²) in [5, 5.41) is 3.50. The lowest BCUT2D eigenvalue weighted by atomic mass is 10.1. The first-order valence-electron chi connectivity index (χ1n) is 6.97. The van der Waals surface area contributed by atoms with Gasteiger partial charge in [-0.2, -0.15) is 0 Å². The molecule has 0 fully saturated rings. The molecule has 0 amide bonds. The molecule has 20 heavy (non-hydrogen) atoms. The van der Waals surface area contributed by atoms with Crippen molar-refractivity contribution in [3.05, 3.63) is 53.6 Å². The molecule has 0 bridgehead atoms. The molecule has 0 radical (unpaired) electrons. The number of hydrogen-bond donors (Lipinski definition) is 1. The van der Waals surface area contributed by atoms with E-state index in [-0.39, 0.29) is 0 Å². The maximum absolute atomic E-state index is 4.68. The number of rotatable bonds is 3. The van der Waals surface area contributed by atoms with E-state index in [1.807, 2.05) is 25.2 Å². The van der Waals surface area contributed by atoms with Crippen molar-refractivity contribution in [2.45, 2.75) is 20.3 Å². The Kier molecular flexibility index (Phi) is 3.18. The fraction of sp³-hybridized carbons (Fsp3) is 0.235. The van der Waals surface area contributed by atoms with E-state index < -0.39 is 0 Å². The molecule has 1 heterocycles. The number of anilines is 2. The number of hydrogen-bond acceptors (Lipinski definition) is 2. The third-order valence-corrected chi connectivity index (χ3v) is 3.76. The molecule has 2 aromatic carbocycles. The van der Waals surface area contributed by atoms with Gasteiger partial charge in [0.1, 0.15) is 0 Å². The summed E-state index contributed by atoms with van der Waals surface area (Å²) in [6, 6.07) is 14.6. The van der Waals surface area contributed by atoms with E-state index in [4.69, 9.17) is 0 Å². The summed E-state index contributed by atoms with van der Waals surface area (Å²) in [7, 11) is 2.04. The zero-order valence-electron chi connectivity index (χ0n) is 12.1. The number of aromatic nitrogens is 2. The highest BCUT2D eigenvalue weighted by atomic mass is 15.2. The van der Waals surface area contributed by atoms with Crippen LogP contribution in [-0.2, 0) is 13.5 Å². The van der Waals surface area contributed by atoms with E-state index in [0.717, 1.165) is 23.4 Å². The lowest BCUT2D eigenvalue weighted by molar-refractivity contribution is 0.955. The largest absolute Gasteiger partial charge is 0.325 e. The number of para-hydroxylation sites is 3. The minimum atomic E-state index is 0.884. The van der Waals surface area contributed by atoms with Crippen molar-refractivity contribution in [2.75, 3.05) is 5.32 Å². The van der Waals surface area contributed by atoms with Gasteiger partial charge in [0.25, 0.3) is 0 Å². The number of nitrogens with one attached hydrogen (secondary N) is 1. The zero-order chi connectivity index (χ0) is 14.1. The van der Waals surface area contributed by atoms with Crippen LogP contribution in [0.4, 0.5) is 11.6 Å². The topological polar surface area (TPSA) is 29.9 Å². The first kappa shape index (κ1) is 12.7. The maximum atomic E-state index is 4.68. The van der Waals surface area contributed by atoms with E-state index in [0.29, 0.717) is 0 Å². The highest BCUT2D eigenvalue weighted by Gasteiger charge is 2.10. The quantitative estimate of drug-likeness (QED) is 0.769. The van der Waals surface area contributed by atoms with Crippen molar-refractivity contribution in [1.29, 1.82) is 0 Å². The van der Waals surface area contributed by atoms with Gasteiger partial charge in [0.2, 0.25) is 5.95 Å². The van der Waals surface area contributed by atoms with Crippen molar-refractivity contribution in [3.8, 4) is 0 Å². The van der Waals surface area contributed by atoms with Gasteiger partial charge in [-0.25, -0.2) is 4.98 Å². The number of aryl methyl sites for hydroxylation is 3. The molecule has 0 aliphatic rings. The summed E-state index contributed by atoms with van der Waals surface area (Å²) >= 11 is 0. The van der Waals surface area contributed by atoms with Crippen LogP contribution >= 0.6 is 0 Å². The molecule has 0 saturated carbocycles. The molecule has 102 valence electrons. The first-order valence-corrected chi connectivity index (χ1v) is 6.97. The van der Waals surface area contributed by atoms with Crippen LogP contribution in [0.1, 0.15) is 18.1 Å². The smallest absolute Gasteiger partial charge is 0.208 e. The Bertz CT molecular complexity index is 756. The number of imidazole rings is 1. The minimum Gasteiger partial charge on any atom is -0.325 e.